The Hall–Kier alpha value is -2.86. The first kappa shape index (κ1) is 11.2. The lowest BCUT2D eigenvalue weighted by Gasteiger charge is -2.06. The molecule has 0 aliphatic carbocycles. The van der Waals surface area contributed by atoms with Crippen LogP contribution in [0.5, 0.6) is 5.75 Å². The Morgan fingerprint density at radius 1 is 0.947 bits per heavy atom. The van der Waals surface area contributed by atoms with Crippen LogP contribution in [-0.4, -0.2) is 5.97 Å². The van der Waals surface area contributed by atoms with Crippen LogP contribution in [0.2, 0.25) is 0 Å². The zero-order valence-corrected chi connectivity index (χ0v) is 9.96. The SMILES string of the molecule is N#CC(=O)Oc1cccc2cc3ccccc3cc12. The molecular weight excluding hydrogens is 238 g/mol. The van der Waals surface area contributed by atoms with E-state index in [1.807, 2.05) is 42.5 Å². The second-order valence-corrected chi connectivity index (χ2v) is 4.18. The summed E-state index contributed by atoms with van der Waals surface area (Å²) in [7, 11) is 0. The number of hydrogen-bond acceptors (Lipinski definition) is 3. The summed E-state index contributed by atoms with van der Waals surface area (Å²) >= 11 is 0. The second-order valence-electron chi connectivity index (χ2n) is 4.18. The van der Waals surface area contributed by atoms with Crippen molar-refractivity contribution in [2.75, 3.05) is 0 Å². The largest absolute Gasteiger partial charge is 0.416 e. The fourth-order valence-corrected chi connectivity index (χ4v) is 2.15. The molecule has 0 aromatic heterocycles. The molecule has 0 heterocycles. The van der Waals surface area contributed by atoms with Crippen molar-refractivity contribution >= 4 is 27.5 Å². The lowest BCUT2D eigenvalue weighted by atomic mass is 10.0. The molecule has 0 radical (unpaired) electrons. The van der Waals surface area contributed by atoms with Gasteiger partial charge in [0, 0.05) is 5.39 Å². The van der Waals surface area contributed by atoms with Crippen LogP contribution in [0.1, 0.15) is 0 Å². The van der Waals surface area contributed by atoms with E-state index in [0.717, 1.165) is 21.5 Å². The van der Waals surface area contributed by atoms with Gasteiger partial charge in [-0.05, 0) is 34.4 Å². The molecule has 3 heteroatoms. The fraction of sp³-hybridized carbons (Fsp3) is 0. The van der Waals surface area contributed by atoms with Crippen LogP contribution in [0, 0.1) is 11.3 Å². The topological polar surface area (TPSA) is 50.1 Å². The van der Waals surface area contributed by atoms with Gasteiger partial charge in [-0.1, -0.05) is 36.4 Å². The average molecular weight is 247 g/mol. The number of rotatable bonds is 1. The number of benzene rings is 3. The van der Waals surface area contributed by atoms with Crippen LogP contribution in [0.4, 0.5) is 0 Å². The van der Waals surface area contributed by atoms with Gasteiger partial charge in [-0.15, -0.1) is 0 Å². The zero-order valence-electron chi connectivity index (χ0n) is 9.96. The molecular formula is C16H9NO2. The third-order valence-corrected chi connectivity index (χ3v) is 3.00. The van der Waals surface area contributed by atoms with Gasteiger partial charge in [0.1, 0.15) is 5.75 Å². The Balaban J connectivity index is 2.26. The second kappa shape index (κ2) is 4.43. The van der Waals surface area contributed by atoms with Gasteiger partial charge < -0.3 is 4.74 Å². The van der Waals surface area contributed by atoms with Gasteiger partial charge in [0.2, 0.25) is 0 Å². The molecule has 0 spiro atoms. The quantitative estimate of drug-likeness (QED) is 0.286. The van der Waals surface area contributed by atoms with Crippen molar-refractivity contribution < 1.29 is 9.53 Å². The monoisotopic (exact) mass is 247 g/mol. The van der Waals surface area contributed by atoms with Gasteiger partial charge in [0.05, 0.1) is 0 Å². The van der Waals surface area contributed by atoms with Crippen molar-refractivity contribution in [2.45, 2.75) is 0 Å². The molecule has 19 heavy (non-hydrogen) atoms. The third-order valence-electron chi connectivity index (χ3n) is 3.00. The maximum absolute atomic E-state index is 11.1. The number of carbonyl (C=O) groups is 1. The molecule has 90 valence electrons. The highest BCUT2D eigenvalue weighted by Gasteiger charge is 2.07. The van der Waals surface area contributed by atoms with Crippen LogP contribution < -0.4 is 4.74 Å². The van der Waals surface area contributed by atoms with Crippen LogP contribution in [0.15, 0.2) is 54.6 Å². The van der Waals surface area contributed by atoms with Gasteiger partial charge in [0.15, 0.2) is 6.07 Å². The summed E-state index contributed by atoms with van der Waals surface area (Å²) in [6.45, 7) is 0. The number of esters is 1. The Kier molecular flexibility index (Phi) is 2.62. The minimum atomic E-state index is -0.902. The molecule has 0 bridgehead atoms. The van der Waals surface area contributed by atoms with Crippen LogP contribution in [-0.2, 0) is 4.79 Å². The molecule has 3 rings (SSSR count). The number of fused-ring (bicyclic) bond motifs is 2. The Labute approximate surface area is 109 Å². The van der Waals surface area contributed by atoms with Crippen molar-refractivity contribution in [1.82, 2.24) is 0 Å². The first-order valence-electron chi connectivity index (χ1n) is 5.81. The highest BCUT2D eigenvalue weighted by molar-refractivity contribution is 6.02. The molecule has 0 aliphatic heterocycles. The maximum Gasteiger partial charge on any atom is 0.416 e. The van der Waals surface area contributed by atoms with E-state index in [2.05, 4.69) is 0 Å². The van der Waals surface area contributed by atoms with Crippen molar-refractivity contribution in [2.24, 2.45) is 0 Å². The molecule has 0 unspecified atom stereocenters. The summed E-state index contributed by atoms with van der Waals surface area (Å²) < 4.78 is 5.03. The van der Waals surface area contributed by atoms with E-state index in [9.17, 15) is 4.79 Å². The van der Waals surface area contributed by atoms with Crippen LogP contribution in [0.25, 0.3) is 21.5 Å². The molecule has 0 N–H and O–H groups in total. The number of carbonyl (C=O) groups excluding carboxylic acids is 1. The number of nitriles is 1. The van der Waals surface area contributed by atoms with E-state index in [1.165, 1.54) is 6.07 Å². The van der Waals surface area contributed by atoms with Crippen LogP contribution in [0.3, 0.4) is 0 Å². The zero-order chi connectivity index (χ0) is 13.2. The van der Waals surface area contributed by atoms with E-state index < -0.39 is 5.97 Å². The molecule has 0 saturated carbocycles. The molecule has 0 amide bonds. The number of ether oxygens (including phenoxy) is 1. The molecule has 0 aliphatic rings. The minimum Gasteiger partial charge on any atom is -0.415 e. The highest BCUT2D eigenvalue weighted by Crippen LogP contribution is 2.29. The fourth-order valence-electron chi connectivity index (χ4n) is 2.15. The van der Waals surface area contributed by atoms with Gasteiger partial charge >= 0.3 is 5.97 Å². The van der Waals surface area contributed by atoms with Gasteiger partial charge in [0.25, 0.3) is 0 Å². The van der Waals surface area contributed by atoms with Crippen molar-refractivity contribution in [3.63, 3.8) is 0 Å². The lowest BCUT2D eigenvalue weighted by Crippen LogP contribution is -2.04. The molecule has 3 aromatic carbocycles. The van der Waals surface area contributed by atoms with E-state index in [0.29, 0.717) is 5.75 Å². The first-order chi connectivity index (χ1) is 9.28. The Morgan fingerprint density at radius 3 is 2.37 bits per heavy atom. The maximum atomic E-state index is 11.1. The Bertz CT molecular complexity index is 831. The summed E-state index contributed by atoms with van der Waals surface area (Å²) in [5, 5.41) is 12.5. The van der Waals surface area contributed by atoms with Crippen molar-refractivity contribution in [1.29, 1.82) is 5.26 Å². The van der Waals surface area contributed by atoms with Crippen molar-refractivity contribution in [3.8, 4) is 11.8 Å². The van der Waals surface area contributed by atoms with Gasteiger partial charge in [-0.2, -0.15) is 5.26 Å². The predicted molar refractivity (Wildman–Crippen MR) is 72.7 cm³/mol. The minimum absolute atomic E-state index is 0.412. The average Bonchev–Trinajstić information content (AvgIpc) is 2.45. The molecule has 0 saturated heterocycles. The summed E-state index contributed by atoms with van der Waals surface area (Å²) in [6.07, 6.45) is 0. The molecule has 3 nitrogen and oxygen atoms in total. The van der Waals surface area contributed by atoms with E-state index >= 15 is 0 Å². The predicted octanol–water partition coefficient (Wildman–Crippen LogP) is 3.42. The van der Waals surface area contributed by atoms with Gasteiger partial charge in [-0.3, -0.25) is 0 Å². The summed E-state index contributed by atoms with van der Waals surface area (Å²) in [6, 6.07) is 18.9. The van der Waals surface area contributed by atoms with Crippen molar-refractivity contribution in [3.05, 3.63) is 54.6 Å². The number of nitrogens with zero attached hydrogens (tertiary/aromatic N) is 1. The van der Waals surface area contributed by atoms with Crippen LogP contribution >= 0.6 is 0 Å². The summed E-state index contributed by atoms with van der Waals surface area (Å²) in [4.78, 5) is 11.1. The third kappa shape index (κ3) is 2.00. The highest BCUT2D eigenvalue weighted by atomic mass is 16.5. The van der Waals surface area contributed by atoms with E-state index in [-0.39, 0.29) is 0 Å². The standard InChI is InChI=1S/C16H9NO2/c17-10-16(18)19-15-7-3-6-13-8-11-4-1-2-5-12(11)9-14(13)15/h1-9H. The van der Waals surface area contributed by atoms with E-state index in [1.54, 1.807) is 12.1 Å². The normalized spacial score (nSPS) is 10.3. The molecule has 0 fully saturated rings. The Morgan fingerprint density at radius 2 is 1.63 bits per heavy atom. The van der Waals surface area contributed by atoms with E-state index in [4.69, 9.17) is 10.00 Å². The first-order valence-corrected chi connectivity index (χ1v) is 5.81. The summed E-state index contributed by atoms with van der Waals surface area (Å²) in [5.74, 6) is -0.490. The molecule has 0 atom stereocenters. The smallest absolute Gasteiger partial charge is 0.415 e. The van der Waals surface area contributed by atoms with Gasteiger partial charge in [-0.25, -0.2) is 4.79 Å². The summed E-state index contributed by atoms with van der Waals surface area (Å²) in [5.41, 5.74) is 0. The molecule has 3 aromatic rings. The lowest BCUT2D eigenvalue weighted by molar-refractivity contribution is -0.128. The number of hydrogen-bond donors (Lipinski definition) is 0.